The van der Waals surface area contributed by atoms with Crippen LogP contribution in [0, 0.1) is 0 Å². The summed E-state index contributed by atoms with van der Waals surface area (Å²) in [7, 11) is -1.28. The molecular weight excluding hydrogens is 262 g/mol. The number of fused-ring (bicyclic) bond motifs is 1. The first-order chi connectivity index (χ1) is 8.95. The Morgan fingerprint density at radius 1 is 1.42 bits per heavy atom. The van der Waals surface area contributed by atoms with Crippen molar-refractivity contribution in [3.8, 4) is 0 Å². The molecular formula is C13H21N3O2S. The minimum absolute atomic E-state index is 0.370. The molecule has 19 heavy (non-hydrogen) atoms. The Labute approximate surface area is 115 Å². The second kappa shape index (κ2) is 5.56. The fourth-order valence-electron chi connectivity index (χ4n) is 2.23. The highest BCUT2D eigenvalue weighted by atomic mass is 32.2. The second-order valence-electron chi connectivity index (χ2n) is 5.12. The Bertz CT molecular complexity index is 555. The summed E-state index contributed by atoms with van der Waals surface area (Å²) < 4.78 is 25.9. The smallest absolute Gasteiger partial charge is 0.216 e. The first kappa shape index (κ1) is 14.4. The maximum absolute atomic E-state index is 12.2. The summed E-state index contributed by atoms with van der Waals surface area (Å²) in [5.74, 6) is 0. The summed E-state index contributed by atoms with van der Waals surface area (Å²) >= 11 is 0. The van der Waals surface area contributed by atoms with E-state index in [1.54, 1.807) is 18.2 Å². The van der Waals surface area contributed by atoms with E-state index in [9.17, 15) is 8.42 Å². The Balaban J connectivity index is 2.22. The summed E-state index contributed by atoms with van der Waals surface area (Å²) in [6, 6.07) is 3.96. The number of rotatable bonds is 4. The average molecular weight is 283 g/mol. The first-order valence-corrected chi connectivity index (χ1v) is 8.06. The maximum Gasteiger partial charge on any atom is 0.216 e. The van der Waals surface area contributed by atoms with Gasteiger partial charge >= 0.3 is 0 Å². The van der Waals surface area contributed by atoms with Crippen LogP contribution in [-0.4, -0.2) is 36.5 Å². The van der Waals surface area contributed by atoms with Crippen molar-refractivity contribution in [2.75, 3.05) is 13.6 Å². The average Bonchev–Trinajstić information content (AvgIpc) is 2.38. The Morgan fingerprint density at radius 3 is 2.79 bits per heavy atom. The van der Waals surface area contributed by atoms with Crippen molar-refractivity contribution in [3.63, 3.8) is 0 Å². The summed E-state index contributed by atoms with van der Waals surface area (Å²) in [5.41, 5.74) is 3.06. The zero-order chi connectivity index (χ0) is 14.0. The molecule has 0 fully saturated rings. The van der Waals surface area contributed by atoms with Gasteiger partial charge in [-0.1, -0.05) is 6.07 Å². The summed E-state index contributed by atoms with van der Waals surface area (Å²) in [4.78, 5) is 4.58. The van der Waals surface area contributed by atoms with Gasteiger partial charge in [-0.25, -0.2) is 8.42 Å². The van der Waals surface area contributed by atoms with Crippen LogP contribution in [0.15, 0.2) is 12.1 Å². The molecule has 0 bridgehead atoms. The van der Waals surface area contributed by atoms with Gasteiger partial charge in [-0.2, -0.15) is 4.31 Å². The predicted octanol–water partition coefficient (Wildman–Crippen LogP) is 0.897. The number of pyridine rings is 1. The third kappa shape index (κ3) is 2.96. The molecule has 1 N–H and O–H groups in total. The van der Waals surface area contributed by atoms with Crippen LogP contribution in [0.3, 0.4) is 0 Å². The lowest BCUT2D eigenvalue weighted by Gasteiger charge is -2.29. The van der Waals surface area contributed by atoms with Crippen molar-refractivity contribution < 1.29 is 8.42 Å². The summed E-state index contributed by atoms with van der Waals surface area (Å²) in [6.45, 7) is 5.16. The van der Waals surface area contributed by atoms with Crippen LogP contribution in [-0.2, 0) is 29.5 Å². The minimum atomic E-state index is -3.17. The molecule has 1 aromatic heterocycles. The fraction of sp³-hybridized carbons (Fsp3) is 0.615. The second-order valence-corrected chi connectivity index (χ2v) is 7.61. The highest BCUT2D eigenvalue weighted by Gasteiger charge is 2.29. The lowest BCUT2D eigenvalue weighted by Crippen LogP contribution is -2.40. The molecule has 2 rings (SSSR count). The highest BCUT2D eigenvalue weighted by Crippen LogP contribution is 2.22. The van der Waals surface area contributed by atoms with Crippen molar-refractivity contribution in [1.82, 2.24) is 14.6 Å². The van der Waals surface area contributed by atoms with Crippen molar-refractivity contribution in [2.24, 2.45) is 0 Å². The molecule has 5 nitrogen and oxygen atoms in total. The molecule has 0 saturated carbocycles. The van der Waals surface area contributed by atoms with E-state index < -0.39 is 10.0 Å². The predicted molar refractivity (Wildman–Crippen MR) is 75.2 cm³/mol. The maximum atomic E-state index is 12.2. The van der Waals surface area contributed by atoms with E-state index in [4.69, 9.17) is 0 Å². The number of nitrogens with one attached hydrogen (secondary N) is 1. The SMILES string of the molecule is CNCc1ccc2c(n1)CCN(S(=O)(=O)C(C)C)C2. The molecule has 0 aliphatic carbocycles. The largest absolute Gasteiger partial charge is 0.314 e. The molecule has 106 valence electrons. The number of sulfonamides is 1. The molecule has 2 heterocycles. The Morgan fingerprint density at radius 2 is 2.16 bits per heavy atom. The van der Waals surface area contributed by atoms with Gasteiger partial charge < -0.3 is 5.32 Å². The number of hydrogen-bond acceptors (Lipinski definition) is 4. The quantitative estimate of drug-likeness (QED) is 0.892. The zero-order valence-electron chi connectivity index (χ0n) is 11.7. The van der Waals surface area contributed by atoms with Crippen LogP contribution in [0.5, 0.6) is 0 Å². The van der Waals surface area contributed by atoms with Crippen LogP contribution in [0.2, 0.25) is 0 Å². The van der Waals surface area contributed by atoms with E-state index in [0.717, 1.165) is 23.5 Å². The molecule has 0 atom stereocenters. The van der Waals surface area contributed by atoms with Gasteiger partial charge in [0.1, 0.15) is 0 Å². The Kier molecular flexibility index (Phi) is 4.23. The molecule has 0 saturated heterocycles. The number of hydrogen-bond donors (Lipinski definition) is 1. The molecule has 1 aliphatic heterocycles. The molecule has 0 amide bonds. The van der Waals surface area contributed by atoms with E-state index in [0.29, 0.717) is 19.5 Å². The van der Waals surface area contributed by atoms with Gasteiger partial charge in [0, 0.05) is 31.7 Å². The van der Waals surface area contributed by atoms with E-state index in [1.807, 2.05) is 19.2 Å². The van der Waals surface area contributed by atoms with E-state index >= 15 is 0 Å². The van der Waals surface area contributed by atoms with Crippen LogP contribution in [0.25, 0.3) is 0 Å². The monoisotopic (exact) mass is 283 g/mol. The van der Waals surface area contributed by atoms with Crippen LogP contribution < -0.4 is 5.32 Å². The fourth-order valence-corrected chi connectivity index (χ4v) is 3.49. The molecule has 0 aromatic carbocycles. The third-order valence-electron chi connectivity index (χ3n) is 3.38. The van der Waals surface area contributed by atoms with Crippen molar-refractivity contribution >= 4 is 10.0 Å². The molecule has 0 unspecified atom stereocenters. The zero-order valence-corrected chi connectivity index (χ0v) is 12.5. The lowest BCUT2D eigenvalue weighted by molar-refractivity contribution is 0.383. The molecule has 0 radical (unpaired) electrons. The van der Waals surface area contributed by atoms with Crippen molar-refractivity contribution in [2.45, 2.75) is 38.6 Å². The normalized spacial score (nSPS) is 16.6. The standard InChI is InChI=1S/C13H21N3O2S/c1-10(2)19(17,18)16-7-6-13-11(9-16)4-5-12(15-13)8-14-3/h4-5,10,14H,6-9H2,1-3H3. The first-order valence-electron chi connectivity index (χ1n) is 6.56. The van der Waals surface area contributed by atoms with Crippen LogP contribution >= 0.6 is 0 Å². The van der Waals surface area contributed by atoms with Crippen molar-refractivity contribution in [1.29, 1.82) is 0 Å². The van der Waals surface area contributed by atoms with E-state index in [2.05, 4.69) is 10.3 Å². The van der Waals surface area contributed by atoms with Gasteiger partial charge in [0.15, 0.2) is 0 Å². The van der Waals surface area contributed by atoms with Gasteiger partial charge in [-0.05, 0) is 32.5 Å². The molecule has 6 heteroatoms. The minimum Gasteiger partial charge on any atom is -0.314 e. The van der Waals surface area contributed by atoms with Gasteiger partial charge in [-0.3, -0.25) is 4.98 Å². The lowest BCUT2D eigenvalue weighted by atomic mass is 10.1. The third-order valence-corrected chi connectivity index (χ3v) is 5.61. The number of aromatic nitrogens is 1. The highest BCUT2D eigenvalue weighted by molar-refractivity contribution is 7.89. The number of nitrogens with zero attached hydrogens (tertiary/aromatic N) is 2. The van der Waals surface area contributed by atoms with Gasteiger partial charge in [0.2, 0.25) is 10.0 Å². The van der Waals surface area contributed by atoms with E-state index in [-0.39, 0.29) is 5.25 Å². The topological polar surface area (TPSA) is 62.3 Å². The summed E-state index contributed by atoms with van der Waals surface area (Å²) in [5, 5.41) is 2.70. The van der Waals surface area contributed by atoms with Gasteiger partial charge in [0.05, 0.1) is 10.9 Å². The van der Waals surface area contributed by atoms with Crippen LogP contribution in [0.4, 0.5) is 0 Å². The molecule has 1 aromatic rings. The molecule has 0 spiro atoms. The van der Waals surface area contributed by atoms with Gasteiger partial charge in [-0.15, -0.1) is 0 Å². The van der Waals surface area contributed by atoms with E-state index in [1.165, 1.54) is 0 Å². The Hall–Kier alpha value is -0.980. The molecule has 1 aliphatic rings. The van der Waals surface area contributed by atoms with Gasteiger partial charge in [0.25, 0.3) is 0 Å². The summed E-state index contributed by atoms with van der Waals surface area (Å²) in [6.07, 6.45) is 0.693. The van der Waals surface area contributed by atoms with Crippen molar-refractivity contribution in [3.05, 3.63) is 29.1 Å². The van der Waals surface area contributed by atoms with Crippen LogP contribution in [0.1, 0.15) is 30.8 Å².